The highest BCUT2D eigenvalue weighted by atomic mass is 16.7. The number of ether oxygens (including phenoxy) is 3. The molecule has 2 bridgehead atoms. The standard InChI is InChI=1S/C15H20O7/c1-5(2)14(18)6-11(17)22-8(14)7(16)12(3)13(4-20-13)9-10(21-9)15(6,12)19/h5-10,16,18-19H,4H2,1-3H3/t6-,7+,8-,9+,10-,12-,13-,14+,15-/m0/s1. The highest BCUT2D eigenvalue weighted by Gasteiger charge is 2.96. The molecule has 3 heterocycles. The first-order chi connectivity index (χ1) is 10.2. The van der Waals surface area contributed by atoms with Crippen molar-refractivity contribution in [3.63, 3.8) is 0 Å². The van der Waals surface area contributed by atoms with Gasteiger partial charge in [0.05, 0.1) is 12.0 Å². The van der Waals surface area contributed by atoms with Gasteiger partial charge in [0.2, 0.25) is 0 Å². The van der Waals surface area contributed by atoms with E-state index >= 15 is 0 Å². The summed E-state index contributed by atoms with van der Waals surface area (Å²) in [5, 5.41) is 33.7. The van der Waals surface area contributed by atoms with Gasteiger partial charge < -0.3 is 29.5 Å². The quantitative estimate of drug-likeness (QED) is 0.402. The van der Waals surface area contributed by atoms with E-state index in [2.05, 4.69) is 0 Å². The lowest BCUT2D eigenvalue weighted by molar-refractivity contribution is -0.285. The number of carbonyl (C=O) groups excluding carboxylic acids is 1. The van der Waals surface area contributed by atoms with Crippen molar-refractivity contribution in [2.24, 2.45) is 17.3 Å². The van der Waals surface area contributed by atoms with Crippen molar-refractivity contribution in [2.75, 3.05) is 6.61 Å². The van der Waals surface area contributed by atoms with E-state index in [1.807, 2.05) is 0 Å². The Morgan fingerprint density at radius 2 is 1.86 bits per heavy atom. The third kappa shape index (κ3) is 0.950. The van der Waals surface area contributed by atoms with Gasteiger partial charge in [0.25, 0.3) is 0 Å². The first-order valence-corrected chi connectivity index (χ1v) is 7.80. The second-order valence-corrected chi connectivity index (χ2v) is 7.96. The predicted molar refractivity (Wildman–Crippen MR) is 69.6 cm³/mol. The number of hydrogen-bond acceptors (Lipinski definition) is 7. The van der Waals surface area contributed by atoms with Crippen molar-refractivity contribution >= 4 is 5.97 Å². The number of epoxide rings is 2. The summed E-state index contributed by atoms with van der Waals surface area (Å²) in [6.07, 6.45) is -3.22. The molecule has 7 nitrogen and oxygen atoms in total. The molecule has 2 aliphatic carbocycles. The van der Waals surface area contributed by atoms with Crippen LogP contribution in [0.1, 0.15) is 20.8 Å². The van der Waals surface area contributed by atoms with Crippen molar-refractivity contribution in [1.29, 1.82) is 0 Å². The van der Waals surface area contributed by atoms with Crippen LogP contribution < -0.4 is 0 Å². The molecule has 0 unspecified atom stereocenters. The van der Waals surface area contributed by atoms with E-state index in [0.29, 0.717) is 6.61 Å². The third-order valence-electron chi connectivity index (χ3n) is 7.19. The Hall–Kier alpha value is -0.730. The molecule has 5 fully saturated rings. The molecule has 0 aromatic heterocycles. The summed E-state index contributed by atoms with van der Waals surface area (Å²) in [6, 6.07) is 0. The number of hydrogen-bond donors (Lipinski definition) is 3. The number of esters is 1. The maximum atomic E-state index is 12.5. The molecule has 3 saturated heterocycles. The normalized spacial score (nSPS) is 67.2. The van der Waals surface area contributed by atoms with E-state index < -0.39 is 52.4 Å². The average Bonchev–Trinajstić information content (AvgIpc) is 3.30. The Morgan fingerprint density at radius 3 is 2.41 bits per heavy atom. The molecule has 122 valence electrons. The van der Waals surface area contributed by atoms with Crippen LogP contribution >= 0.6 is 0 Å². The van der Waals surface area contributed by atoms with Gasteiger partial charge in [0, 0.05) is 0 Å². The lowest BCUT2D eigenvalue weighted by Gasteiger charge is -2.57. The third-order valence-corrected chi connectivity index (χ3v) is 7.19. The zero-order valence-corrected chi connectivity index (χ0v) is 12.6. The van der Waals surface area contributed by atoms with Crippen molar-refractivity contribution in [1.82, 2.24) is 0 Å². The maximum absolute atomic E-state index is 12.5. The number of carbonyl (C=O) groups is 1. The minimum Gasteiger partial charge on any atom is -0.456 e. The lowest BCUT2D eigenvalue weighted by Crippen LogP contribution is -2.76. The molecule has 0 radical (unpaired) electrons. The Balaban J connectivity index is 1.78. The molecule has 9 atom stereocenters. The zero-order valence-electron chi connectivity index (χ0n) is 12.6. The number of fused-ring (bicyclic) bond motifs is 8. The van der Waals surface area contributed by atoms with E-state index in [4.69, 9.17) is 14.2 Å². The number of aliphatic hydroxyl groups excluding tert-OH is 1. The molecule has 3 aliphatic heterocycles. The van der Waals surface area contributed by atoms with Crippen molar-refractivity contribution < 1.29 is 34.3 Å². The second kappa shape index (κ2) is 3.23. The van der Waals surface area contributed by atoms with Crippen LogP contribution in [0, 0.1) is 17.3 Å². The van der Waals surface area contributed by atoms with Gasteiger partial charge in [-0.15, -0.1) is 0 Å². The van der Waals surface area contributed by atoms with Gasteiger partial charge in [0.15, 0.2) is 6.10 Å². The second-order valence-electron chi connectivity index (χ2n) is 7.96. The van der Waals surface area contributed by atoms with Crippen LogP contribution in [-0.2, 0) is 19.0 Å². The summed E-state index contributed by atoms with van der Waals surface area (Å²) in [4.78, 5) is 12.5. The van der Waals surface area contributed by atoms with Crippen LogP contribution in [0.3, 0.4) is 0 Å². The first kappa shape index (κ1) is 13.7. The van der Waals surface area contributed by atoms with Crippen molar-refractivity contribution in [2.45, 2.75) is 62.0 Å². The van der Waals surface area contributed by atoms with Gasteiger partial charge in [-0.25, -0.2) is 0 Å². The summed E-state index contributed by atoms with van der Waals surface area (Å²) in [6.45, 7) is 5.61. The summed E-state index contributed by atoms with van der Waals surface area (Å²) >= 11 is 0. The van der Waals surface area contributed by atoms with E-state index in [0.717, 1.165) is 0 Å². The SMILES string of the molecule is CC(C)[C@]1(O)[C@H]2OC(=O)[C@@H]1[C@]1(O)[C@H]3O[C@H]3[C@@]3(CO3)[C@]1(C)[C@@H]2O. The van der Waals surface area contributed by atoms with Crippen molar-refractivity contribution in [3.05, 3.63) is 0 Å². The molecule has 0 aromatic rings. The molecule has 3 N–H and O–H groups in total. The molecule has 0 aromatic carbocycles. The molecule has 1 spiro atoms. The maximum Gasteiger partial charge on any atom is 0.315 e. The molecule has 5 aliphatic rings. The minimum absolute atomic E-state index is 0.333. The van der Waals surface area contributed by atoms with Gasteiger partial charge in [0.1, 0.15) is 41.0 Å². The molecule has 5 rings (SSSR count). The molecular formula is C15H20O7. The Labute approximate surface area is 127 Å². The zero-order chi connectivity index (χ0) is 15.9. The summed E-state index contributed by atoms with van der Waals surface area (Å²) < 4.78 is 16.5. The van der Waals surface area contributed by atoms with Crippen LogP contribution in [-0.4, -0.2) is 69.1 Å². The average molecular weight is 312 g/mol. The van der Waals surface area contributed by atoms with Crippen LogP contribution in [0.25, 0.3) is 0 Å². The summed E-state index contributed by atoms with van der Waals surface area (Å²) in [5.41, 5.74) is -5.21. The lowest BCUT2D eigenvalue weighted by atomic mass is 9.50. The number of rotatable bonds is 1. The van der Waals surface area contributed by atoms with E-state index in [1.54, 1.807) is 20.8 Å². The summed E-state index contributed by atoms with van der Waals surface area (Å²) in [7, 11) is 0. The van der Waals surface area contributed by atoms with Gasteiger partial charge >= 0.3 is 5.97 Å². The van der Waals surface area contributed by atoms with Gasteiger partial charge in [-0.1, -0.05) is 20.8 Å². The Kier molecular flexibility index (Phi) is 2.01. The fourth-order valence-electron chi connectivity index (χ4n) is 5.68. The fourth-order valence-corrected chi connectivity index (χ4v) is 5.68. The molecular weight excluding hydrogens is 292 g/mol. The highest BCUT2D eigenvalue weighted by molar-refractivity contribution is 5.81. The van der Waals surface area contributed by atoms with Gasteiger partial charge in [-0.05, 0) is 5.92 Å². The van der Waals surface area contributed by atoms with Crippen LogP contribution in [0.5, 0.6) is 0 Å². The predicted octanol–water partition coefficient (Wildman–Crippen LogP) is -1.42. The van der Waals surface area contributed by atoms with E-state index in [1.165, 1.54) is 0 Å². The molecule has 22 heavy (non-hydrogen) atoms. The Bertz CT molecular complexity index is 601. The van der Waals surface area contributed by atoms with Crippen LogP contribution in [0.2, 0.25) is 0 Å². The summed E-state index contributed by atoms with van der Waals surface area (Å²) in [5.74, 6) is -2.18. The molecule has 7 heteroatoms. The van der Waals surface area contributed by atoms with Gasteiger partial charge in [-0.2, -0.15) is 0 Å². The van der Waals surface area contributed by atoms with Crippen molar-refractivity contribution in [3.8, 4) is 0 Å². The molecule has 0 amide bonds. The van der Waals surface area contributed by atoms with Crippen LogP contribution in [0.15, 0.2) is 0 Å². The van der Waals surface area contributed by atoms with Gasteiger partial charge in [-0.3, -0.25) is 4.79 Å². The van der Waals surface area contributed by atoms with E-state index in [9.17, 15) is 20.1 Å². The highest BCUT2D eigenvalue weighted by Crippen LogP contribution is 2.76. The Morgan fingerprint density at radius 1 is 1.23 bits per heavy atom. The number of aliphatic hydroxyl groups is 3. The first-order valence-electron chi connectivity index (χ1n) is 7.80. The molecule has 2 saturated carbocycles. The monoisotopic (exact) mass is 312 g/mol. The minimum atomic E-state index is -1.70. The smallest absolute Gasteiger partial charge is 0.315 e. The largest absolute Gasteiger partial charge is 0.456 e. The fraction of sp³-hybridized carbons (Fsp3) is 0.933. The topological polar surface area (TPSA) is 112 Å². The van der Waals surface area contributed by atoms with E-state index in [-0.39, 0.29) is 12.0 Å². The van der Waals surface area contributed by atoms with Crippen LogP contribution in [0.4, 0.5) is 0 Å².